The SMILES string of the molecule is CCCCc1ccnc(-n2c3ccccc3c3ccc(Oc4cc(-n5nc(C)c(-c6c(C)cc(C)cc6C)c5C(C)(C)C)cc(C(C)(C)C)c4)cc32)c1. The molecule has 0 N–H and O–H groups in total. The highest BCUT2D eigenvalue weighted by Gasteiger charge is 2.30. The maximum absolute atomic E-state index is 6.87. The number of hydrogen-bond donors (Lipinski definition) is 0. The minimum atomic E-state index is -0.181. The summed E-state index contributed by atoms with van der Waals surface area (Å²) < 4.78 is 11.3. The van der Waals surface area contributed by atoms with Crippen LogP contribution in [-0.2, 0) is 17.3 Å². The zero-order valence-electron chi connectivity index (χ0n) is 33.5. The predicted octanol–water partition coefficient (Wildman–Crippen LogP) is 13.0. The Hall–Kier alpha value is -5.16. The molecule has 272 valence electrons. The molecule has 7 rings (SSSR count). The Morgan fingerprint density at radius 1 is 0.679 bits per heavy atom. The number of unbranched alkanes of at least 4 members (excludes halogenated alkanes) is 1. The van der Waals surface area contributed by atoms with Crippen LogP contribution in [0.4, 0.5) is 0 Å². The molecule has 0 unspecified atom stereocenters. The van der Waals surface area contributed by atoms with Gasteiger partial charge in [-0.25, -0.2) is 9.67 Å². The quantitative estimate of drug-likeness (QED) is 0.158. The second kappa shape index (κ2) is 13.7. The van der Waals surface area contributed by atoms with Gasteiger partial charge in [0.2, 0.25) is 0 Å². The molecular weight excluding hydrogens is 649 g/mol. The van der Waals surface area contributed by atoms with Crippen LogP contribution in [-0.4, -0.2) is 19.3 Å². The first-order valence-corrected chi connectivity index (χ1v) is 19.1. The van der Waals surface area contributed by atoms with Gasteiger partial charge in [0, 0.05) is 40.1 Å². The van der Waals surface area contributed by atoms with E-state index < -0.39 is 0 Å². The number of hydrogen-bond acceptors (Lipinski definition) is 3. The number of fused-ring (bicyclic) bond motifs is 3. The van der Waals surface area contributed by atoms with Crippen molar-refractivity contribution in [3.63, 3.8) is 0 Å². The lowest BCUT2D eigenvalue weighted by Gasteiger charge is -2.26. The highest BCUT2D eigenvalue weighted by molar-refractivity contribution is 6.09. The molecular formula is C48H54N4O. The van der Waals surface area contributed by atoms with Crippen LogP contribution in [0.2, 0.25) is 0 Å². The van der Waals surface area contributed by atoms with Crippen molar-refractivity contribution in [1.82, 2.24) is 19.3 Å². The van der Waals surface area contributed by atoms with Crippen LogP contribution in [0.25, 0.3) is 44.4 Å². The standard InChI is InChI=1S/C48H54N4O/c1-12-13-16-34-21-22-49-43(25-34)51-41-18-15-14-17-39(41)40-20-19-37(29-42(40)51)53-38-27-35(47(6,7)8)26-36(28-38)52-46(48(9,10)11)45(33(5)50-52)44-31(3)23-30(2)24-32(44)4/h14-15,17-29H,12-13,16H2,1-11H3. The molecule has 0 amide bonds. The fourth-order valence-corrected chi connectivity index (χ4v) is 7.99. The average molecular weight is 703 g/mol. The molecule has 4 aromatic carbocycles. The lowest BCUT2D eigenvalue weighted by atomic mass is 9.83. The number of para-hydroxylation sites is 1. The van der Waals surface area contributed by atoms with E-state index in [0.717, 1.165) is 59.0 Å². The maximum atomic E-state index is 6.87. The smallest absolute Gasteiger partial charge is 0.137 e. The van der Waals surface area contributed by atoms with Crippen LogP contribution in [0.15, 0.2) is 91.1 Å². The monoisotopic (exact) mass is 702 g/mol. The van der Waals surface area contributed by atoms with E-state index in [4.69, 9.17) is 14.8 Å². The van der Waals surface area contributed by atoms with Gasteiger partial charge in [-0.15, -0.1) is 0 Å². The molecule has 0 saturated heterocycles. The van der Waals surface area contributed by atoms with Crippen molar-refractivity contribution in [2.24, 2.45) is 0 Å². The largest absolute Gasteiger partial charge is 0.457 e. The summed E-state index contributed by atoms with van der Waals surface area (Å²) in [5.74, 6) is 2.49. The molecule has 0 fully saturated rings. The molecule has 0 aliphatic rings. The number of ether oxygens (including phenoxy) is 1. The highest BCUT2D eigenvalue weighted by Crippen LogP contribution is 2.42. The van der Waals surface area contributed by atoms with Crippen molar-refractivity contribution >= 4 is 21.8 Å². The topological polar surface area (TPSA) is 44.9 Å². The second-order valence-corrected chi connectivity index (χ2v) is 17.0. The third-order valence-corrected chi connectivity index (χ3v) is 10.4. The van der Waals surface area contributed by atoms with E-state index in [1.54, 1.807) is 0 Å². The first-order valence-electron chi connectivity index (χ1n) is 19.1. The van der Waals surface area contributed by atoms with Crippen molar-refractivity contribution in [2.75, 3.05) is 0 Å². The van der Waals surface area contributed by atoms with Gasteiger partial charge in [0.15, 0.2) is 0 Å². The normalized spacial score (nSPS) is 12.3. The fraction of sp³-hybridized carbons (Fsp3) is 0.333. The van der Waals surface area contributed by atoms with E-state index in [1.807, 2.05) is 6.20 Å². The van der Waals surface area contributed by atoms with Gasteiger partial charge < -0.3 is 4.74 Å². The maximum Gasteiger partial charge on any atom is 0.137 e. The Morgan fingerprint density at radius 2 is 1.40 bits per heavy atom. The van der Waals surface area contributed by atoms with Gasteiger partial charge in [-0.2, -0.15) is 5.10 Å². The van der Waals surface area contributed by atoms with E-state index in [2.05, 4.69) is 170 Å². The first-order chi connectivity index (χ1) is 25.1. The summed E-state index contributed by atoms with van der Waals surface area (Å²) in [5, 5.41) is 7.66. The zero-order chi connectivity index (χ0) is 37.8. The molecule has 0 saturated carbocycles. The van der Waals surface area contributed by atoms with Crippen molar-refractivity contribution < 1.29 is 4.74 Å². The lowest BCUT2D eigenvalue weighted by Crippen LogP contribution is -2.20. The summed E-state index contributed by atoms with van der Waals surface area (Å²) in [7, 11) is 0. The van der Waals surface area contributed by atoms with E-state index in [9.17, 15) is 0 Å². The minimum Gasteiger partial charge on any atom is -0.457 e. The number of pyridine rings is 1. The van der Waals surface area contributed by atoms with Gasteiger partial charge in [0.1, 0.15) is 17.3 Å². The molecule has 5 heteroatoms. The number of benzene rings is 4. The average Bonchev–Trinajstić information content (AvgIpc) is 3.61. The second-order valence-electron chi connectivity index (χ2n) is 17.0. The van der Waals surface area contributed by atoms with Crippen LogP contribution in [0.3, 0.4) is 0 Å². The van der Waals surface area contributed by atoms with Gasteiger partial charge in [-0.05, 0) is 116 Å². The van der Waals surface area contributed by atoms with E-state index in [0.29, 0.717) is 0 Å². The molecule has 53 heavy (non-hydrogen) atoms. The van der Waals surface area contributed by atoms with Crippen LogP contribution >= 0.6 is 0 Å². The van der Waals surface area contributed by atoms with E-state index in [1.165, 1.54) is 55.4 Å². The Bertz CT molecular complexity index is 2460. The third kappa shape index (κ3) is 6.90. The summed E-state index contributed by atoms with van der Waals surface area (Å²) in [6.07, 6.45) is 5.31. The molecule has 0 spiro atoms. The van der Waals surface area contributed by atoms with E-state index in [-0.39, 0.29) is 10.8 Å². The van der Waals surface area contributed by atoms with Gasteiger partial charge in [0.25, 0.3) is 0 Å². The molecule has 0 radical (unpaired) electrons. The Kier molecular flexibility index (Phi) is 9.34. The van der Waals surface area contributed by atoms with Crippen LogP contribution in [0.1, 0.15) is 101 Å². The van der Waals surface area contributed by atoms with Crippen molar-refractivity contribution in [1.29, 1.82) is 0 Å². The molecule has 7 aromatic rings. The summed E-state index contributed by atoms with van der Waals surface area (Å²) >= 11 is 0. The third-order valence-electron chi connectivity index (χ3n) is 10.4. The minimum absolute atomic E-state index is 0.115. The summed E-state index contributed by atoms with van der Waals surface area (Å²) in [6, 6.07) is 30.6. The number of rotatable bonds is 8. The zero-order valence-corrected chi connectivity index (χ0v) is 33.5. The Labute approximate surface area is 315 Å². The molecule has 5 nitrogen and oxygen atoms in total. The molecule has 3 aromatic heterocycles. The molecule has 0 atom stereocenters. The fourth-order valence-electron chi connectivity index (χ4n) is 7.99. The Morgan fingerprint density at radius 3 is 2.09 bits per heavy atom. The summed E-state index contributed by atoms with van der Waals surface area (Å²) in [4.78, 5) is 4.87. The summed E-state index contributed by atoms with van der Waals surface area (Å²) in [6.45, 7) is 24.6. The number of aromatic nitrogens is 4. The molecule has 0 aliphatic heterocycles. The summed E-state index contributed by atoms with van der Waals surface area (Å²) in [5.41, 5.74) is 14.0. The number of nitrogens with zero attached hydrogens (tertiary/aromatic N) is 4. The highest BCUT2D eigenvalue weighted by atomic mass is 16.5. The predicted molar refractivity (Wildman–Crippen MR) is 223 cm³/mol. The van der Waals surface area contributed by atoms with Crippen LogP contribution in [0, 0.1) is 27.7 Å². The van der Waals surface area contributed by atoms with Gasteiger partial charge in [-0.1, -0.05) is 90.8 Å². The molecule has 0 aliphatic carbocycles. The Balaban J connectivity index is 1.38. The van der Waals surface area contributed by atoms with Crippen LogP contribution in [0.5, 0.6) is 11.5 Å². The van der Waals surface area contributed by atoms with Gasteiger partial charge in [0.05, 0.1) is 28.1 Å². The molecule has 3 heterocycles. The van der Waals surface area contributed by atoms with Crippen molar-refractivity contribution in [3.8, 4) is 34.1 Å². The van der Waals surface area contributed by atoms with Crippen molar-refractivity contribution in [2.45, 2.75) is 106 Å². The first kappa shape index (κ1) is 36.2. The van der Waals surface area contributed by atoms with Crippen LogP contribution < -0.4 is 4.74 Å². The number of aryl methyl sites for hydroxylation is 5. The molecule has 0 bridgehead atoms. The van der Waals surface area contributed by atoms with Gasteiger partial charge >= 0.3 is 0 Å². The van der Waals surface area contributed by atoms with E-state index >= 15 is 0 Å². The van der Waals surface area contributed by atoms with Gasteiger partial charge in [-0.3, -0.25) is 4.57 Å². The van der Waals surface area contributed by atoms with Crippen molar-refractivity contribution in [3.05, 3.63) is 130 Å². The lowest BCUT2D eigenvalue weighted by molar-refractivity contribution is 0.477.